The molecule has 126 valence electrons. The van der Waals surface area contributed by atoms with Crippen LogP contribution in [0.3, 0.4) is 0 Å². The summed E-state index contributed by atoms with van der Waals surface area (Å²) >= 11 is 0. The molecule has 1 amide bonds. The van der Waals surface area contributed by atoms with Crippen molar-refractivity contribution in [2.75, 3.05) is 0 Å². The number of nitro benzene ring substituents is 1. The van der Waals surface area contributed by atoms with Crippen molar-refractivity contribution in [1.82, 2.24) is 5.32 Å². The summed E-state index contributed by atoms with van der Waals surface area (Å²) in [4.78, 5) is 34.4. The van der Waals surface area contributed by atoms with Crippen LogP contribution in [-0.2, 0) is 4.79 Å². The molecule has 2 N–H and O–H groups in total. The molecule has 1 atom stereocenters. The molecule has 0 bridgehead atoms. The number of hydrogen-bond donors (Lipinski definition) is 2. The van der Waals surface area contributed by atoms with Crippen molar-refractivity contribution in [3.05, 3.63) is 38.4 Å². The normalized spacial score (nSPS) is 11.8. The summed E-state index contributed by atoms with van der Waals surface area (Å²) in [5.41, 5.74) is 1.38. The Labute approximate surface area is 134 Å². The third-order valence-electron chi connectivity index (χ3n) is 3.79. The highest BCUT2D eigenvalue weighted by atomic mass is 16.6. The summed E-state index contributed by atoms with van der Waals surface area (Å²) in [7, 11) is 0. The lowest BCUT2D eigenvalue weighted by Gasteiger charge is -2.17. The highest BCUT2D eigenvalue weighted by Gasteiger charge is 2.26. The average molecular weight is 322 g/mol. The predicted octanol–water partition coefficient (Wildman–Crippen LogP) is 2.89. The molecular weight excluding hydrogens is 300 g/mol. The van der Waals surface area contributed by atoms with Crippen molar-refractivity contribution in [1.29, 1.82) is 0 Å². The summed E-state index contributed by atoms with van der Waals surface area (Å²) in [5.74, 6) is -1.70. The minimum Gasteiger partial charge on any atom is -0.480 e. The maximum atomic E-state index is 12.5. The van der Waals surface area contributed by atoms with Gasteiger partial charge < -0.3 is 10.4 Å². The van der Waals surface area contributed by atoms with Gasteiger partial charge in [0.2, 0.25) is 0 Å². The second-order valence-corrected chi connectivity index (χ2v) is 5.62. The molecule has 7 heteroatoms. The Bertz CT molecular complexity index is 640. The molecule has 0 spiro atoms. The zero-order valence-electron chi connectivity index (χ0n) is 13.8. The number of nitrogens with zero attached hydrogens (tertiary/aromatic N) is 1. The molecule has 0 fully saturated rings. The van der Waals surface area contributed by atoms with Gasteiger partial charge in [-0.3, -0.25) is 14.9 Å². The molecule has 0 aliphatic carbocycles. The van der Waals surface area contributed by atoms with Crippen LogP contribution in [0.2, 0.25) is 0 Å². The highest BCUT2D eigenvalue weighted by molar-refractivity contribution is 6.00. The predicted molar refractivity (Wildman–Crippen MR) is 85.7 cm³/mol. The van der Waals surface area contributed by atoms with Crippen LogP contribution in [-0.4, -0.2) is 27.9 Å². The number of carbonyl (C=O) groups excluding carboxylic acids is 1. The SMILES string of the molecule is CCCC[C@H](NC(=O)c1c(C)cc(C)c([N+](=O)[O-])c1C)C(=O)O. The summed E-state index contributed by atoms with van der Waals surface area (Å²) in [6, 6.07) is 0.573. The van der Waals surface area contributed by atoms with E-state index in [-0.39, 0.29) is 16.8 Å². The number of aliphatic carboxylic acids is 1. The van der Waals surface area contributed by atoms with E-state index in [0.717, 1.165) is 6.42 Å². The van der Waals surface area contributed by atoms with Crippen LogP contribution < -0.4 is 5.32 Å². The van der Waals surface area contributed by atoms with Crippen molar-refractivity contribution >= 4 is 17.6 Å². The van der Waals surface area contributed by atoms with Crippen molar-refractivity contribution in [2.45, 2.75) is 53.0 Å². The van der Waals surface area contributed by atoms with E-state index in [1.165, 1.54) is 6.92 Å². The van der Waals surface area contributed by atoms with Gasteiger partial charge in [0.15, 0.2) is 0 Å². The van der Waals surface area contributed by atoms with Crippen LogP contribution >= 0.6 is 0 Å². The number of carboxylic acids is 1. The Morgan fingerprint density at radius 3 is 2.39 bits per heavy atom. The summed E-state index contributed by atoms with van der Waals surface area (Å²) in [6.45, 7) is 6.73. The van der Waals surface area contributed by atoms with Crippen LogP contribution in [0.5, 0.6) is 0 Å². The van der Waals surface area contributed by atoms with E-state index in [0.29, 0.717) is 24.0 Å². The third-order valence-corrected chi connectivity index (χ3v) is 3.79. The summed E-state index contributed by atoms with van der Waals surface area (Å²) < 4.78 is 0. The molecule has 0 aliphatic rings. The fourth-order valence-electron chi connectivity index (χ4n) is 2.70. The van der Waals surface area contributed by atoms with E-state index in [1.807, 2.05) is 6.92 Å². The first-order valence-electron chi connectivity index (χ1n) is 7.49. The Hall–Kier alpha value is -2.44. The van der Waals surface area contributed by atoms with Gasteiger partial charge in [0.05, 0.1) is 10.5 Å². The molecule has 1 aromatic carbocycles. The molecule has 0 radical (unpaired) electrons. The maximum Gasteiger partial charge on any atom is 0.326 e. The number of hydrogen-bond acceptors (Lipinski definition) is 4. The molecule has 1 rings (SSSR count). The van der Waals surface area contributed by atoms with Gasteiger partial charge in [0, 0.05) is 11.1 Å². The number of carboxylic acid groups (broad SMARTS) is 1. The quantitative estimate of drug-likeness (QED) is 0.592. The fraction of sp³-hybridized carbons (Fsp3) is 0.500. The van der Waals surface area contributed by atoms with E-state index in [9.17, 15) is 24.8 Å². The number of benzene rings is 1. The smallest absolute Gasteiger partial charge is 0.326 e. The number of aryl methyl sites for hydroxylation is 2. The zero-order valence-corrected chi connectivity index (χ0v) is 13.8. The molecule has 23 heavy (non-hydrogen) atoms. The van der Waals surface area contributed by atoms with Gasteiger partial charge in [0.1, 0.15) is 6.04 Å². The summed E-state index contributed by atoms with van der Waals surface area (Å²) in [5, 5.41) is 22.9. The van der Waals surface area contributed by atoms with Crippen LogP contribution in [0.25, 0.3) is 0 Å². The van der Waals surface area contributed by atoms with Gasteiger partial charge in [0.25, 0.3) is 11.6 Å². The third kappa shape index (κ3) is 4.28. The van der Waals surface area contributed by atoms with E-state index in [4.69, 9.17) is 0 Å². The molecule has 0 saturated heterocycles. The fourth-order valence-corrected chi connectivity index (χ4v) is 2.70. The number of carbonyl (C=O) groups is 2. The number of rotatable bonds is 7. The highest BCUT2D eigenvalue weighted by Crippen LogP contribution is 2.28. The van der Waals surface area contributed by atoms with Crippen molar-refractivity contribution in [3.63, 3.8) is 0 Å². The molecular formula is C16H22N2O5. The van der Waals surface area contributed by atoms with E-state index in [2.05, 4.69) is 5.32 Å². The van der Waals surface area contributed by atoms with Gasteiger partial charge in [-0.2, -0.15) is 0 Å². The Morgan fingerprint density at radius 1 is 1.30 bits per heavy atom. The van der Waals surface area contributed by atoms with Gasteiger partial charge in [-0.15, -0.1) is 0 Å². The molecule has 0 unspecified atom stereocenters. The standard InChI is InChI=1S/C16H22N2O5/c1-5-6-7-12(16(20)21)17-15(19)13-9(2)8-10(3)14(11(13)4)18(22)23/h8,12H,5-7H2,1-4H3,(H,17,19)(H,20,21)/t12-/m0/s1. The first-order valence-corrected chi connectivity index (χ1v) is 7.49. The van der Waals surface area contributed by atoms with Crippen LogP contribution in [0, 0.1) is 30.9 Å². The summed E-state index contributed by atoms with van der Waals surface area (Å²) in [6.07, 6.45) is 1.81. The van der Waals surface area contributed by atoms with E-state index < -0.39 is 22.8 Å². The molecule has 7 nitrogen and oxygen atoms in total. The molecule has 0 saturated carbocycles. The van der Waals surface area contributed by atoms with Crippen LogP contribution in [0.4, 0.5) is 5.69 Å². The van der Waals surface area contributed by atoms with Crippen LogP contribution in [0.1, 0.15) is 53.2 Å². The monoisotopic (exact) mass is 322 g/mol. The Kier molecular flexibility index (Phi) is 6.24. The number of amides is 1. The lowest BCUT2D eigenvalue weighted by Crippen LogP contribution is -2.41. The first kappa shape index (κ1) is 18.6. The topological polar surface area (TPSA) is 110 Å². The van der Waals surface area contributed by atoms with E-state index >= 15 is 0 Å². The van der Waals surface area contributed by atoms with Gasteiger partial charge in [-0.25, -0.2) is 4.79 Å². The van der Waals surface area contributed by atoms with Gasteiger partial charge in [-0.05, 0) is 38.8 Å². The zero-order chi connectivity index (χ0) is 17.7. The van der Waals surface area contributed by atoms with E-state index in [1.54, 1.807) is 19.9 Å². The second-order valence-electron chi connectivity index (χ2n) is 5.62. The maximum absolute atomic E-state index is 12.5. The van der Waals surface area contributed by atoms with Crippen LogP contribution in [0.15, 0.2) is 6.07 Å². The Balaban J connectivity index is 3.19. The van der Waals surface area contributed by atoms with Crippen molar-refractivity contribution in [3.8, 4) is 0 Å². The molecule has 0 aliphatic heterocycles. The average Bonchev–Trinajstić information content (AvgIpc) is 2.41. The lowest BCUT2D eigenvalue weighted by molar-refractivity contribution is -0.386. The molecule has 0 heterocycles. The minimum absolute atomic E-state index is 0.110. The lowest BCUT2D eigenvalue weighted by atomic mass is 9.96. The largest absolute Gasteiger partial charge is 0.480 e. The van der Waals surface area contributed by atoms with Gasteiger partial charge >= 0.3 is 5.97 Å². The van der Waals surface area contributed by atoms with Crippen molar-refractivity contribution < 1.29 is 19.6 Å². The van der Waals surface area contributed by atoms with Crippen molar-refractivity contribution in [2.24, 2.45) is 0 Å². The number of nitrogens with one attached hydrogen (secondary N) is 1. The minimum atomic E-state index is -1.11. The number of nitro groups is 1. The first-order chi connectivity index (χ1) is 10.7. The second kappa shape index (κ2) is 7.71. The molecule has 1 aromatic rings. The molecule has 0 aromatic heterocycles. The Morgan fingerprint density at radius 2 is 1.91 bits per heavy atom. The number of unbranched alkanes of at least 4 members (excludes halogenated alkanes) is 1. The van der Waals surface area contributed by atoms with Gasteiger partial charge in [-0.1, -0.05) is 19.8 Å².